The van der Waals surface area contributed by atoms with Crippen LogP contribution in [0, 0.1) is 0 Å². The molecule has 0 saturated carbocycles. The van der Waals surface area contributed by atoms with E-state index in [1.807, 2.05) is 0 Å². The normalized spacial score (nSPS) is 14.7. The molecule has 158 valence electrons. The molecule has 4 atom stereocenters. The number of aliphatic carboxylic acids is 1. The van der Waals surface area contributed by atoms with Crippen molar-refractivity contribution in [3.05, 3.63) is 0 Å². The van der Waals surface area contributed by atoms with E-state index in [4.69, 9.17) is 22.3 Å². The molecule has 0 aliphatic heterocycles. The van der Waals surface area contributed by atoms with Crippen molar-refractivity contribution in [2.45, 2.75) is 57.3 Å². The summed E-state index contributed by atoms with van der Waals surface area (Å²) in [5.41, 5.74) is 15.4. The Bertz CT molecular complexity index is 638. The molecule has 5 amide bonds. The molecule has 0 aromatic heterocycles. The fraction of sp³-hybridized carbons (Fsp3) is 0.600. The Kier molecular flexibility index (Phi) is 10.2. The Morgan fingerprint density at radius 1 is 0.821 bits per heavy atom. The van der Waals surface area contributed by atoms with Crippen molar-refractivity contribution in [2.75, 3.05) is 0 Å². The SMILES string of the molecule is CC(NC(=O)C(CCC(N)=O)NC(=O)C(C)NC(=O)C(N)CC(N)=O)C(=O)O. The van der Waals surface area contributed by atoms with E-state index in [0.717, 1.165) is 0 Å². The fourth-order valence-corrected chi connectivity index (χ4v) is 1.92. The highest BCUT2D eigenvalue weighted by atomic mass is 16.4. The molecule has 0 rings (SSSR count). The van der Waals surface area contributed by atoms with Crippen molar-refractivity contribution in [1.29, 1.82) is 0 Å². The molecule has 0 bridgehead atoms. The molecule has 13 heteroatoms. The molecule has 0 spiro atoms. The predicted molar refractivity (Wildman–Crippen MR) is 95.0 cm³/mol. The van der Waals surface area contributed by atoms with Gasteiger partial charge in [-0.25, -0.2) is 0 Å². The molecular weight excluding hydrogens is 376 g/mol. The number of primary amides is 2. The van der Waals surface area contributed by atoms with Crippen molar-refractivity contribution in [3.63, 3.8) is 0 Å². The van der Waals surface area contributed by atoms with Crippen LogP contribution >= 0.6 is 0 Å². The Hall–Kier alpha value is -3.22. The standard InChI is InChI=1S/C15H26N6O7/c1-6(19-13(25)8(16)5-11(18)23)12(24)21-9(3-4-10(17)22)14(26)20-7(2)15(27)28/h6-9H,3-5,16H2,1-2H3,(H2,17,22)(H2,18,23)(H,19,25)(H,20,26)(H,21,24)(H,27,28). The van der Waals surface area contributed by atoms with Crippen LogP contribution in [0.25, 0.3) is 0 Å². The van der Waals surface area contributed by atoms with Gasteiger partial charge in [0.15, 0.2) is 0 Å². The zero-order valence-corrected chi connectivity index (χ0v) is 15.6. The summed E-state index contributed by atoms with van der Waals surface area (Å²) < 4.78 is 0. The van der Waals surface area contributed by atoms with Gasteiger partial charge in [-0.15, -0.1) is 0 Å². The summed E-state index contributed by atoms with van der Waals surface area (Å²) >= 11 is 0. The van der Waals surface area contributed by atoms with Crippen molar-refractivity contribution < 1.29 is 33.9 Å². The average Bonchev–Trinajstić information content (AvgIpc) is 2.56. The number of carboxylic acids is 1. The van der Waals surface area contributed by atoms with Gasteiger partial charge < -0.3 is 38.3 Å². The van der Waals surface area contributed by atoms with Gasteiger partial charge in [0, 0.05) is 6.42 Å². The van der Waals surface area contributed by atoms with E-state index >= 15 is 0 Å². The lowest BCUT2D eigenvalue weighted by Crippen LogP contribution is -2.56. The van der Waals surface area contributed by atoms with Crippen molar-refractivity contribution in [1.82, 2.24) is 16.0 Å². The minimum Gasteiger partial charge on any atom is -0.480 e. The van der Waals surface area contributed by atoms with Crippen LogP contribution in [0.1, 0.15) is 33.1 Å². The van der Waals surface area contributed by atoms with Crippen LogP contribution in [-0.4, -0.2) is 64.8 Å². The molecule has 0 aromatic rings. The average molecular weight is 402 g/mol. The molecule has 4 unspecified atom stereocenters. The van der Waals surface area contributed by atoms with Crippen LogP contribution in [0.5, 0.6) is 0 Å². The van der Waals surface area contributed by atoms with Crippen LogP contribution in [0.2, 0.25) is 0 Å². The second kappa shape index (κ2) is 11.5. The zero-order valence-electron chi connectivity index (χ0n) is 15.6. The minimum atomic E-state index is -1.29. The molecule has 28 heavy (non-hydrogen) atoms. The molecule has 0 aromatic carbocycles. The van der Waals surface area contributed by atoms with Gasteiger partial charge in [-0.3, -0.25) is 28.8 Å². The monoisotopic (exact) mass is 402 g/mol. The molecule has 13 nitrogen and oxygen atoms in total. The summed E-state index contributed by atoms with van der Waals surface area (Å²) in [7, 11) is 0. The first-order valence-corrected chi connectivity index (χ1v) is 8.31. The van der Waals surface area contributed by atoms with Crippen molar-refractivity contribution >= 4 is 35.5 Å². The molecule has 0 aliphatic carbocycles. The number of carboxylic acid groups (broad SMARTS) is 1. The van der Waals surface area contributed by atoms with Gasteiger partial charge in [-0.1, -0.05) is 0 Å². The van der Waals surface area contributed by atoms with E-state index in [9.17, 15) is 28.8 Å². The molecule has 0 heterocycles. The lowest BCUT2D eigenvalue weighted by atomic mass is 10.1. The fourth-order valence-electron chi connectivity index (χ4n) is 1.92. The molecule has 0 saturated heterocycles. The number of carbonyl (C=O) groups excluding carboxylic acids is 5. The Labute approximate surface area is 160 Å². The second-order valence-corrected chi connectivity index (χ2v) is 6.14. The first-order chi connectivity index (χ1) is 12.8. The highest BCUT2D eigenvalue weighted by Gasteiger charge is 2.27. The first kappa shape index (κ1) is 24.8. The second-order valence-electron chi connectivity index (χ2n) is 6.14. The Morgan fingerprint density at radius 2 is 1.36 bits per heavy atom. The third-order valence-corrected chi connectivity index (χ3v) is 3.55. The molecule has 0 radical (unpaired) electrons. The highest BCUT2D eigenvalue weighted by molar-refractivity contribution is 5.94. The van der Waals surface area contributed by atoms with Crippen molar-refractivity contribution in [3.8, 4) is 0 Å². The lowest BCUT2D eigenvalue weighted by molar-refractivity contribution is -0.142. The van der Waals surface area contributed by atoms with Crippen LogP contribution in [-0.2, 0) is 28.8 Å². The Morgan fingerprint density at radius 3 is 1.82 bits per heavy atom. The summed E-state index contributed by atoms with van der Waals surface area (Å²) in [6.07, 6.45) is -0.845. The lowest BCUT2D eigenvalue weighted by Gasteiger charge is -2.22. The number of hydrogen-bond donors (Lipinski definition) is 7. The first-order valence-electron chi connectivity index (χ1n) is 8.31. The summed E-state index contributed by atoms with van der Waals surface area (Å²) in [5.74, 6) is -5.26. The zero-order chi connectivity index (χ0) is 22.0. The largest absolute Gasteiger partial charge is 0.480 e. The van der Waals surface area contributed by atoms with Gasteiger partial charge in [-0.2, -0.15) is 0 Å². The van der Waals surface area contributed by atoms with Gasteiger partial charge in [0.05, 0.1) is 12.5 Å². The molecular formula is C15H26N6O7. The van der Waals surface area contributed by atoms with Gasteiger partial charge in [-0.05, 0) is 20.3 Å². The number of hydrogen-bond acceptors (Lipinski definition) is 7. The van der Waals surface area contributed by atoms with Gasteiger partial charge in [0.25, 0.3) is 0 Å². The third kappa shape index (κ3) is 9.47. The molecule has 10 N–H and O–H groups in total. The van der Waals surface area contributed by atoms with Gasteiger partial charge in [0.2, 0.25) is 29.5 Å². The van der Waals surface area contributed by atoms with E-state index in [2.05, 4.69) is 16.0 Å². The van der Waals surface area contributed by atoms with Gasteiger partial charge in [0.1, 0.15) is 18.1 Å². The van der Waals surface area contributed by atoms with Crippen LogP contribution in [0.15, 0.2) is 0 Å². The highest BCUT2D eigenvalue weighted by Crippen LogP contribution is 2.00. The van der Waals surface area contributed by atoms with E-state index in [1.165, 1.54) is 13.8 Å². The number of amides is 5. The number of rotatable bonds is 12. The third-order valence-electron chi connectivity index (χ3n) is 3.55. The van der Waals surface area contributed by atoms with Gasteiger partial charge >= 0.3 is 5.97 Å². The maximum Gasteiger partial charge on any atom is 0.325 e. The summed E-state index contributed by atoms with van der Waals surface area (Å²) in [6, 6.07) is -4.89. The number of carbonyl (C=O) groups is 6. The van der Waals surface area contributed by atoms with E-state index < -0.39 is 66.1 Å². The van der Waals surface area contributed by atoms with Crippen LogP contribution in [0.4, 0.5) is 0 Å². The van der Waals surface area contributed by atoms with Crippen LogP contribution < -0.4 is 33.2 Å². The quantitative estimate of drug-likeness (QED) is 0.169. The summed E-state index contributed by atoms with van der Waals surface area (Å²) in [5, 5.41) is 15.6. The molecule has 0 aliphatic rings. The van der Waals surface area contributed by atoms with Crippen molar-refractivity contribution in [2.24, 2.45) is 17.2 Å². The number of nitrogens with one attached hydrogen (secondary N) is 3. The summed E-state index contributed by atoms with van der Waals surface area (Å²) in [6.45, 7) is 2.52. The predicted octanol–water partition coefficient (Wildman–Crippen LogP) is -3.97. The summed E-state index contributed by atoms with van der Waals surface area (Å²) in [4.78, 5) is 68.8. The topological polar surface area (TPSA) is 237 Å². The number of nitrogens with two attached hydrogens (primary N) is 3. The smallest absolute Gasteiger partial charge is 0.325 e. The van der Waals surface area contributed by atoms with Crippen LogP contribution in [0.3, 0.4) is 0 Å². The van der Waals surface area contributed by atoms with E-state index in [-0.39, 0.29) is 12.8 Å². The van der Waals surface area contributed by atoms with E-state index in [0.29, 0.717) is 0 Å². The minimum absolute atomic E-state index is 0.179. The molecule has 0 fully saturated rings. The maximum atomic E-state index is 12.2. The maximum absolute atomic E-state index is 12.2. The Balaban J connectivity index is 4.98. The van der Waals surface area contributed by atoms with E-state index in [1.54, 1.807) is 0 Å².